The summed E-state index contributed by atoms with van der Waals surface area (Å²) in [5.74, 6) is -0.296. The molecule has 0 aliphatic heterocycles. The van der Waals surface area contributed by atoms with E-state index in [2.05, 4.69) is 10.1 Å². The third-order valence-electron chi connectivity index (χ3n) is 2.98. The molecule has 0 saturated carbocycles. The Morgan fingerprint density at radius 2 is 1.81 bits per heavy atom. The summed E-state index contributed by atoms with van der Waals surface area (Å²) in [5.41, 5.74) is 0.426. The zero-order chi connectivity index (χ0) is 15.0. The van der Waals surface area contributed by atoms with Gasteiger partial charge < -0.3 is 10.1 Å². The van der Waals surface area contributed by atoms with Crippen molar-refractivity contribution < 1.29 is 9.85 Å². The molecule has 104 valence electrons. The van der Waals surface area contributed by atoms with Crippen LogP contribution in [-0.4, -0.2) is 24.6 Å². The highest BCUT2D eigenvalue weighted by atomic mass is 16.6. The molecule has 0 atom stereocenters. The van der Waals surface area contributed by atoms with E-state index < -0.39 is 9.85 Å². The second-order valence-electron chi connectivity index (χ2n) is 4.16. The second kappa shape index (κ2) is 4.63. The van der Waals surface area contributed by atoms with Crippen LogP contribution in [-0.2, 0) is 0 Å². The van der Waals surface area contributed by atoms with Crippen LogP contribution in [0, 0.1) is 20.2 Å². The number of benzene rings is 1. The number of fused-ring (bicyclic) bond motifs is 1. The highest BCUT2D eigenvalue weighted by molar-refractivity contribution is 5.96. The summed E-state index contributed by atoms with van der Waals surface area (Å²) in [7, 11) is 0. The molecule has 3 rings (SSSR count). The van der Waals surface area contributed by atoms with E-state index in [4.69, 9.17) is 0 Å². The summed E-state index contributed by atoms with van der Waals surface area (Å²) in [6.07, 6.45) is 4.31. The minimum Gasteiger partial charge on any atom is -0.358 e. The summed E-state index contributed by atoms with van der Waals surface area (Å²) < 4.78 is 1.31. The second-order valence-corrected chi connectivity index (χ2v) is 4.16. The molecule has 0 radical (unpaired) electrons. The molecule has 0 amide bonds. The van der Waals surface area contributed by atoms with Crippen molar-refractivity contribution in [2.75, 3.05) is 0 Å². The van der Waals surface area contributed by atoms with Crippen molar-refractivity contribution in [3.8, 4) is 5.69 Å². The van der Waals surface area contributed by atoms with Crippen LogP contribution in [0.3, 0.4) is 0 Å². The smallest absolute Gasteiger partial charge is 0.358 e. The van der Waals surface area contributed by atoms with Crippen LogP contribution in [0.25, 0.3) is 16.5 Å². The van der Waals surface area contributed by atoms with Gasteiger partial charge in [-0.2, -0.15) is 0 Å². The standard InChI is InChI=1S/C12H7N5O4/c18-16(19)11-2-1-10(8-3-5-13-7-9(8)11)15-6-4-12(14-15)17(20)21/h1-7H. The first-order chi connectivity index (χ1) is 10.1. The fourth-order valence-electron chi connectivity index (χ4n) is 2.06. The van der Waals surface area contributed by atoms with Gasteiger partial charge in [0.15, 0.2) is 0 Å². The molecule has 0 spiro atoms. The Kier molecular flexibility index (Phi) is 2.79. The minimum atomic E-state index is -0.606. The van der Waals surface area contributed by atoms with Gasteiger partial charge >= 0.3 is 5.82 Å². The maximum atomic E-state index is 11.0. The molecule has 21 heavy (non-hydrogen) atoms. The molecule has 3 aromatic rings. The lowest BCUT2D eigenvalue weighted by Gasteiger charge is -2.04. The Balaban J connectivity index is 2.26. The Hall–Kier alpha value is -3.36. The lowest BCUT2D eigenvalue weighted by atomic mass is 10.1. The van der Waals surface area contributed by atoms with E-state index in [1.807, 2.05) is 0 Å². The first-order valence-corrected chi connectivity index (χ1v) is 5.79. The SMILES string of the molecule is O=[N+]([O-])c1ccn(-c2ccc([N+](=O)[O-])c3cnccc23)n1. The highest BCUT2D eigenvalue weighted by Crippen LogP contribution is 2.29. The lowest BCUT2D eigenvalue weighted by molar-refractivity contribution is -0.389. The average molecular weight is 285 g/mol. The molecular formula is C12H7N5O4. The number of rotatable bonds is 3. The Morgan fingerprint density at radius 3 is 2.48 bits per heavy atom. The average Bonchev–Trinajstić information content (AvgIpc) is 2.95. The van der Waals surface area contributed by atoms with Crippen molar-refractivity contribution in [2.45, 2.75) is 0 Å². The highest BCUT2D eigenvalue weighted by Gasteiger charge is 2.18. The summed E-state index contributed by atoms with van der Waals surface area (Å²) in [6.45, 7) is 0. The van der Waals surface area contributed by atoms with Crippen LogP contribution >= 0.6 is 0 Å². The van der Waals surface area contributed by atoms with Gasteiger partial charge in [-0.3, -0.25) is 15.1 Å². The number of nitro groups is 2. The van der Waals surface area contributed by atoms with Gasteiger partial charge in [-0.15, -0.1) is 4.68 Å². The van der Waals surface area contributed by atoms with Crippen LogP contribution in [0.15, 0.2) is 42.9 Å². The van der Waals surface area contributed by atoms with E-state index in [0.29, 0.717) is 16.5 Å². The lowest BCUT2D eigenvalue weighted by Crippen LogP contribution is -1.99. The molecule has 1 aromatic carbocycles. The van der Waals surface area contributed by atoms with E-state index in [1.165, 1.54) is 41.5 Å². The zero-order valence-electron chi connectivity index (χ0n) is 10.4. The van der Waals surface area contributed by atoms with Gasteiger partial charge in [-0.25, -0.2) is 0 Å². The normalized spacial score (nSPS) is 10.7. The van der Waals surface area contributed by atoms with Crippen molar-refractivity contribution in [1.29, 1.82) is 0 Å². The molecule has 0 fully saturated rings. The van der Waals surface area contributed by atoms with Crippen LogP contribution in [0.2, 0.25) is 0 Å². The van der Waals surface area contributed by atoms with Gasteiger partial charge in [0.25, 0.3) is 5.69 Å². The number of aromatic nitrogens is 3. The number of nitrogens with zero attached hydrogens (tertiary/aromatic N) is 5. The van der Waals surface area contributed by atoms with Crippen molar-refractivity contribution in [1.82, 2.24) is 14.8 Å². The molecule has 2 aromatic heterocycles. The number of nitro benzene ring substituents is 1. The Morgan fingerprint density at radius 1 is 1.00 bits per heavy atom. The largest absolute Gasteiger partial charge is 0.390 e. The molecule has 0 bridgehead atoms. The van der Waals surface area contributed by atoms with Gasteiger partial charge in [-0.05, 0) is 17.1 Å². The van der Waals surface area contributed by atoms with E-state index in [-0.39, 0.29) is 11.5 Å². The van der Waals surface area contributed by atoms with Crippen LogP contribution < -0.4 is 0 Å². The topological polar surface area (TPSA) is 117 Å². The molecule has 0 aliphatic rings. The molecule has 0 aliphatic carbocycles. The maximum absolute atomic E-state index is 11.0. The monoisotopic (exact) mass is 285 g/mol. The third-order valence-corrected chi connectivity index (χ3v) is 2.98. The predicted molar refractivity (Wildman–Crippen MR) is 72.2 cm³/mol. The Bertz CT molecular complexity index is 873. The molecular weight excluding hydrogens is 278 g/mol. The van der Waals surface area contributed by atoms with Crippen molar-refractivity contribution in [2.24, 2.45) is 0 Å². The van der Waals surface area contributed by atoms with Crippen LogP contribution in [0.5, 0.6) is 0 Å². The number of non-ortho nitro benzene ring substituents is 1. The first-order valence-electron chi connectivity index (χ1n) is 5.79. The van der Waals surface area contributed by atoms with E-state index in [0.717, 1.165) is 0 Å². The van der Waals surface area contributed by atoms with E-state index >= 15 is 0 Å². The van der Waals surface area contributed by atoms with Crippen molar-refractivity contribution >= 4 is 22.3 Å². The van der Waals surface area contributed by atoms with Crippen molar-refractivity contribution in [3.05, 3.63) is 63.1 Å². The minimum absolute atomic E-state index is 0.0801. The Labute approximate surface area is 116 Å². The van der Waals surface area contributed by atoms with Crippen LogP contribution in [0.1, 0.15) is 0 Å². The number of pyridine rings is 1. The summed E-state index contributed by atoms with van der Waals surface area (Å²) in [4.78, 5) is 24.5. The predicted octanol–water partition coefficient (Wildman–Crippen LogP) is 2.24. The van der Waals surface area contributed by atoms with Gasteiger partial charge in [-0.1, -0.05) is 0 Å². The van der Waals surface area contributed by atoms with Crippen molar-refractivity contribution in [3.63, 3.8) is 0 Å². The number of hydrogen-bond donors (Lipinski definition) is 0. The third kappa shape index (κ3) is 2.06. The van der Waals surface area contributed by atoms with E-state index in [1.54, 1.807) is 6.07 Å². The fourth-order valence-corrected chi connectivity index (χ4v) is 2.06. The molecule has 0 unspecified atom stereocenters. The first kappa shape index (κ1) is 12.7. The zero-order valence-corrected chi connectivity index (χ0v) is 10.4. The van der Waals surface area contributed by atoms with E-state index in [9.17, 15) is 20.2 Å². The molecule has 0 N–H and O–H groups in total. The van der Waals surface area contributed by atoms with Gasteiger partial charge in [0.05, 0.1) is 33.4 Å². The number of hydrogen-bond acceptors (Lipinski definition) is 6. The molecule has 2 heterocycles. The quantitative estimate of drug-likeness (QED) is 0.538. The maximum Gasteiger partial charge on any atom is 0.390 e. The summed E-state index contributed by atoms with van der Waals surface area (Å²) >= 11 is 0. The fraction of sp³-hybridized carbons (Fsp3) is 0. The molecule has 0 saturated heterocycles. The van der Waals surface area contributed by atoms with Gasteiger partial charge in [0, 0.05) is 23.8 Å². The molecule has 9 nitrogen and oxygen atoms in total. The summed E-state index contributed by atoms with van der Waals surface area (Å²) in [5, 5.41) is 26.4. The van der Waals surface area contributed by atoms with Crippen LogP contribution in [0.4, 0.5) is 11.5 Å². The van der Waals surface area contributed by atoms with Gasteiger partial charge in [0.2, 0.25) is 0 Å². The summed E-state index contributed by atoms with van der Waals surface area (Å²) in [6, 6.07) is 5.68. The molecule has 9 heteroatoms. The van der Waals surface area contributed by atoms with Gasteiger partial charge in [0.1, 0.15) is 0 Å².